The quantitative estimate of drug-likeness (QED) is 0.660. The molecule has 0 fully saturated rings. The minimum absolute atomic E-state index is 0.234. The van der Waals surface area contributed by atoms with Gasteiger partial charge in [0.2, 0.25) is 0 Å². The van der Waals surface area contributed by atoms with Crippen LogP contribution >= 0.6 is 11.9 Å². The number of carbonyl (C=O) groups excluding carboxylic acids is 1. The Bertz CT molecular complexity index is 971. The topological polar surface area (TPSA) is 66.5 Å². The monoisotopic (exact) mass is 412 g/mol. The zero-order chi connectivity index (χ0) is 20.3. The molecule has 3 rings (SSSR count). The van der Waals surface area contributed by atoms with Crippen molar-refractivity contribution in [2.45, 2.75) is 25.4 Å². The van der Waals surface area contributed by atoms with E-state index in [9.17, 15) is 18.0 Å². The van der Waals surface area contributed by atoms with Gasteiger partial charge in [0.25, 0.3) is 0 Å². The van der Waals surface area contributed by atoms with E-state index in [0.29, 0.717) is 6.54 Å². The van der Waals surface area contributed by atoms with Crippen molar-refractivity contribution in [2.24, 2.45) is 5.73 Å². The number of nitrogens with zero attached hydrogens (tertiary/aromatic N) is 1. The highest BCUT2D eigenvalue weighted by atomic mass is 35.5. The molecule has 0 saturated carbocycles. The van der Waals surface area contributed by atoms with Gasteiger partial charge in [-0.15, -0.1) is 13.2 Å². The summed E-state index contributed by atoms with van der Waals surface area (Å²) in [6.45, 7) is 0.419. The molecule has 28 heavy (non-hydrogen) atoms. The number of hydrogen-bond acceptors (Lipinski definition) is 4. The van der Waals surface area contributed by atoms with Gasteiger partial charge in [0.1, 0.15) is 23.7 Å². The van der Waals surface area contributed by atoms with E-state index in [1.807, 2.05) is 35.0 Å². The fraction of sp³-hybridized carbons (Fsp3) is 0.211. The van der Waals surface area contributed by atoms with E-state index in [1.54, 1.807) is 12.1 Å². The summed E-state index contributed by atoms with van der Waals surface area (Å²) in [5, 5.41) is 0.914. The Morgan fingerprint density at radius 3 is 2.46 bits per heavy atom. The molecule has 0 unspecified atom stereocenters. The SMILES string of the molecule is N[C@@H](Cc1cn(Cc2ccc(OC(F)(F)F)cc2)c2ccccc12)C(=O)OCl. The van der Waals surface area contributed by atoms with E-state index in [0.717, 1.165) is 22.0 Å². The maximum Gasteiger partial charge on any atom is 0.573 e. The van der Waals surface area contributed by atoms with Crippen molar-refractivity contribution in [1.82, 2.24) is 4.57 Å². The lowest BCUT2D eigenvalue weighted by atomic mass is 10.1. The van der Waals surface area contributed by atoms with Crippen molar-refractivity contribution in [3.05, 3.63) is 65.9 Å². The van der Waals surface area contributed by atoms with Crippen LogP contribution in [0, 0.1) is 0 Å². The standard InChI is InChI=1S/C19H16ClF3N2O3/c20-28-18(26)16(24)9-13-11-25(17-4-2-1-3-15(13)17)10-12-5-7-14(8-6-12)27-19(21,22)23/h1-8,11,16H,9-10,24H2/t16-/m0/s1. The van der Waals surface area contributed by atoms with Crippen LogP contribution in [-0.4, -0.2) is 22.9 Å². The molecule has 0 aliphatic rings. The Morgan fingerprint density at radius 1 is 1.14 bits per heavy atom. The Kier molecular flexibility index (Phi) is 5.81. The molecule has 1 atom stereocenters. The van der Waals surface area contributed by atoms with Gasteiger partial charge in [-0.3, -0.25) is 0 Å². The summed E-state index contributed by atoms with van der Waals surface area (Å²) >= 11 is 5.08. The van der Waals surface area contributed by atoms with Crippen molar-refractivity contribution in [2.75, 3.05) is 0 Å². The van der Waals surface area contributed by atoms with Crippen LogP contribution in [-0.2, 0) is 22.0 Å². The number of alkyl halides is 3. The van der Waals surface area contributed by atoms with Crippen molar-refractivity contribution in [3.8, 4) is 5.75 Å². The van der Waals surface area contributed by atoms with Crippen LogP contribution in [0.2, 0.25) is 0 Å². The molecular formula is C19H16ClF3N2O3. The average molecular weight is 413 g/mol. The lowest BCUT2D eigenvalue weighted by Crippen LogP contribution is -2.32. The molecule has 5 nitrogen and oxygen atoms in total. The van der Waals surface area contributed by atoms with Crippen molar-refractivity contribution in [1.29, 1.82) is 0 Å². The van der Waals surface area contributed by atoms with Crippen LogP contribution in [0.25, 0.3) is 10.9 Å². The van der Waals surface area contributed by atoms with Gasteiger partial charge >= 0.3 is 12.3 Å². The van der Waals surface area contributed by atoms with Gasteiger partial charge in [0.05, 0.1) is 0 Å². The predicted molar refractivity (Wildman–Crippen MR) is 97.8 cm³/mol. The fourth-order valence-corrected chi connectivity index (χ4v) is 3.10. The first kappa shape index (κ1) is 20.0. The zero-order valence-electron chi connectivity index (χ0n) is 14.4. The third kappa shape index (κ3) is 4.76. The number of carbonyl (C=O) groups is 1. The normalized spacial score (nSPS) is 12.8. The van der Waals surface area contributed by atoms with Crippen LogP contribution in [0.4, 0.5) is 13.2 Å². The Balaban J connectivity index is 1.84. The molecule has 0 spiro atoms. The number of para-hydroxylation sites is 1. The van der Waals surface area contributed by atoms with Crippen molar-refractivity contribution < 1.29 is 27.0 Å². The van der Waals surface area contributed by atoms with Gasteiger partial charge in [-0.2, -0.15) is 0 Å². The number of nitrogens with two attached hydrogens (primary N) is 1. The molecule has 0 saturated heterocycles. The van der Waals surface area contributed by atoms with E-state index in [-0.39, 0.29) is 12.2 Å². The van der Waals surface area contributed by atoms with Crippen LogP contribution in [0.15, 0.2) is 54.7 Å². The van der Waals surface area contributed by atoms with E-state index in [1.165, 1.54) is 12.1 Å². The Labute approximate surface area is 163 Å². The maximum absolute atomic E-state index is 12.3. The van der Waals surface area contributed by atoms with E-state index < -0.39 is 18.4 Å². The molecule has 0 radical (unpaired) electrons. The highest BCUT2D eigenvalue weighted by molar-refractivity contribution is 6.13. The summed E-state index contributed by atoms with van der Waals surface area (Å²) in [5.41, 5.74) is 8.33. The molecule has 0 aliphatic carbocycles. The summed E-state index contributed by atoms with van der Waals surface area (Å²) in [6.07, 6.45) is -2.64. The third-order valence-corrected chi connectivity index (χ3v) is 4.35. The average Bonchev–Trinajstić information content (AvgIpc) is 2.99. The lowest BCUT2D eigenvalue weighted by molar-refractivity contribution is -0.274. The van der Waals surface area contributed by atoms with Gasteiger partial charge in [-0.1, -0.05) is 30.3 Å². The molecule has 9 heteroatoms. The summed E-state index contributed by atoms with van der Waals surface area (Å²) in [6, 6.07) is 12.3. The molecule has 2 aromatic carbocycles. The van der Waals surface area contributed by atoms with Crippen LogP contribution in [0.3, 0.4) is 0 Å². The lowest BCUT2D eigenvalue weighted by Gasteiger charge is -2.10. The number of rotatable bonds is 6. The molecule has 0 amide bonds. The predicted octanol–water partition coefficient (Wildman–Crippen LogP) is 4.16. The molecular weight excluding hydrogens is 397 g/mol. The minimum Gasteiger partial charge on any atom is -0.406 e. The Hall–Kier alpha value is -2.71. The van der Waals surface area contributed by atoms with Crippen LogP contribution in [0.1, 0.15) is 11.1 Å². The molecule has 1 heterocycles. The number of halogens is 4. The van der Waals surface area contributed by atoms with Crippen molar-refractivity contribution in [3.63, 3.8) is 0 Å². The minimum atomic E-state index is -4.73. The van der Waals surface area contributed by atoms with Gasteiger partial charge in [-0.05, 0) is 29.3 Å². The van der Waals surface area contributed by atoms with Crippen LogP contribution < -0.4 is 10.5 Å². The second-order valence-electron chi connectivity index (χ2n) is 6.20. The number of benzene rings is 2. The summed E-state index contributed by atoms with van der Waals surface area (Å²) in [7, 11) is 0. The van der Waals surface area contributed by atoms with Crippen LogP contribution in [0.5, 0.6) is 5.75 Å². The first-order chi connectivity index (χ1) is 13.3. The largest absolute Gasteiger partial charge is 0.573 e. The number of aromatic nitrogens is 1. The zero-order valence-corrected chi connectivity index (χ0v) is 15.2. The second-order valence-corrected chi connectivity index (χ2v) is 6.35. The fourth-order valence-electron chi connectivity index (χ4n) is 2.99. The van der Waals surface area contributed by atoms with Gasteiger partial charge in [0.15, 0.2) is 0 Å². The molecule has 3 aromatic rings. The van der Waals surface area contributed by atoms with E-state index >= 15 is 0 Å². The molecule has 2 N–H and O–H groups in total. The van der Waals surface area contributed by atoms with Gasteiger partial charge < -0.3 is 19.3 Å². The van der Waals surface area contributed by atoms with E-state index in [2.05, 4.69) is 9.03 Å². The van der Waals surface area contributed by atoms with E-state index in [4.69, 9.17) is 17.6 Å². The molecule has 0 bridgehead atoms. The third-order valence-electron chi connectivity index (χ3n) is 4.20. The smallest absolute Gasteiger partial charge is 0.406 e. The first-order valence-electron chi connectivity index (χ1n) is 8.26. The molecule has 148 valence electrons. The number of hydrogen-bond donors (Lipinski definition) is 1. The second kappa shape index (κ2) is 8.12. The van der Waals surface area contributed by atoms with Crippen molar-refractivity contribution >= 4 is 28.7 Å². The summed E-state index contributed by atoms with van der Waals surface area (Å²) in [5.74, 6) is -1.00. The maximum atomic E-state index is 12.3. The molecule has 1 aromatic heterocycles. The highest BCUT2D eigenvalue weighted by Gasteiger charge is 2.31. The molecule has 0 aliphatic heterocycles. The Morgan fingerprint density at radius 2 is 1.82 bits per heavy atom. The van der Waals surface area contributed by atoms with Gasteiger partial charge in [0, 0.05) is 30.1 Å². The first-order valence-corrected chi connectivity index (χ1v) is 8.57. The summed E-state index contributed by atoms with van der Waals surface area (Å²) in [4.78, 5) is 11.5. The summed E-state index contributed by atoms with van der Waals surface area (Å²) < 4.78 is 46.8. The highest BCUT2D eigenvalue weighted by Crippen LogP contribution is 2.26. The number of fused-ring (bicyclic) bond motifs is 1. The van der Waals surface area contributed by atoms with Gasteiger partial charge in [-0.25, -0.2) is 4.79 Å². The number of ether oxygens (including phenoxy) is 1.